The molecule has 0 aliphatic carbocycles. The first kappa shape index (κ1) is 15.9. The van der Waals surface area contributed by atoms with Gasteiger partial charge in [0, 0.05) is 86.6 Å². The second-order valence-corrected chi connectivity index (χ2v) is 0. The van der Waals surface area contributed by atoms with Crippen molar-refractivity contribution in [2.24, 2.45) is 0 Å². The number of hydrogen-bond acceptors (Lipinski definition) is 1. The summed E-state index contributed by atoms with van der Waals surface area (Å²) in [6.07, 6.45) is 0. The zero-order valence-electron chi connectivity index (χ0n) is 2.40. The van der Waals surface area contributed by atoms with Gasteiger partial charge in [-0.05, 0) is 0 Å². The van der Waals surface area contributed by atoms with Gasteiger partial charge in [-0.3, -0.25) is 0 Å². The van der Waals surface area contributed by atoms with Crippen molar-refractivity contribution in [3.8, 4) is 0 Å². The first-order valence-electron chi connectivity index (χ1n) is 0.236. The minimum atomic E-state index is 0. The van der Waals surface area contributed by atoms with Gasteiger partial charge in [0.25, 0.3) is 0 Å². The number of rotatable bonds is 0. The topological polar surface area (TPSA) is 17.1 Å². The molecule has 4 heavy (non-hydrogen) atoms. The maximum absolute atomic E-state index is 7.75. The Bertz CT molecular complexity index is 8.00. The van der Waals surface area contributed by atoms with E-state index in [4.69, 9.17) is 4.70 Å². The summed E-state index contributed by atoms with van der Waals surface area (Å²) in [5.41, 5.74) is 0. The molecular formula is BBaCaO. The van der Waals surface area contributed by atoms with Crippen LogP contribution in [0.5, 0.6) is 0 Å². The van der Waals surface area contributed by atoms with E-state index in [9.17, 15) is 0 Å². The van der Waals surface area contributed by atoms with Crippen molar-refractivity contribution in [1.29, 1.82) is 0 Å². The second-order valence-electron chi connectivity index (χ2n) is 0. The van der Waals surface area contributed by atoms with Crippen molar-refractivity contribution < 1.29 is 4.70 Å². The van der Waals surface area contributed by atoms with Gasteiger partial charge >= 0.3 is 12.4 Å². The average molecular weight is 204 g/mol. The molecule has 0 amide bonds. The first-order valence-corrected chi connectivity index (χ1v) is 0.236. The molecular weight excluding hydrogens is 204 g/mol. The summed E-state index contributed by atoms with van der Waals surface area (Å²) in [5, 5.41) is 0. The Hall–Kier alpha value is 2.70. The summed E-state index contributed by atoms with van der Waals surface area (Å²) in [4.78, 5) is 0. The van der Waals surface area contributed by atoms with Crippen LogP contribution in [0.3, 0.4) is 0 Å². The van der Waals surface area contributed by atoms with Gasteiger partial charge in [0.05, 0.1) is 0 Å². The molecule has 0 saturated carbocycles. The summed E-state index contributed by atoms with van der Waals surface area (Å²) in [6.45, 7) is 0. The largest absolute Gasteiger partial charge is 0 e. The molecule has 13 valence electrons. The van der Waals surface area contributed by atoms with Gasteiger partial charge in [0.1, 0.15) is 0 Å². The van der Waals surface area contributed by atoms with Gasteiger partial charge in [-0.1, -0.05) is 0 Å². The van der Waals surface area contributed by atoms with Crippen LogP contribution in [0.25, 0.3) is 0 Å². The van der Waals surface area contributed by atoms with Gasteiger partial charge < -0.3 is 0 Å². The molecule has 5 radical (unpaired) electrons. The Balaban J connectivity index is -0.00000000500. The smallest absolute Gasteiger partial charge is 0 e. The van der Waals surface area contributed by atoms with E-state index in [0.29, 0.717) is 0 Å². The minimum Gasteiger partial charge on any atom is 0 e. The summed E-state index contributed by atoms with van der Waals surface area (Å²) in [6, 6.07) is 0. The van der Waals surface area contributed by atoms with Gasteiger partial charge in [-0.2, -0.15) is 0 Å². The SMILES string of the molecule is [B]=O.[Ba].[Ca]. The van der Waals surface area contributed by atoms with E-state index in [1.54, 1.807) is 0 Å². The molecule has 0 aromatic heterocycles. The van der Waals surface area contributed by atoms with Crippen LogP contribution in [-0.2, 0) is 4.70 Å². The van der Waals surface area contributed by atoms with Crippen molar-refractivity contribution in [3.63, 3.8) is 0 Å². The van der Waals surface area contributed by atoms with E-state index in [1.165, 1.54) is 0 Å². The Morgan fingerprint density at radius 3 is 1.25 bits per heavy atom. The summed E-state index contributed by atoms with van der Waals surface area (Å²) in [5.74, 6) is 0. The molecule has 0 aliphatic rings. The molecule has 0 heterocycles. The standard InChI is InChI=1S/BO.Ba.Ca/c1-2;;. The molecule has 0 unspecified atom stereocenters. The van der Waals surface area contributed by atoms with Crippen LogP contribution in [0, 0.1) is 0 Å². The van der Waals surface area contributed by atoms with E-state index in [2.05, 4.69) is 7.72 Å². The van der Waals surface area contributed by atoms with E-state index in [1.807, 2.05) is 0 Å². The molecule has 0 rings (SSSR count). The van der Waals surface area contributed by atoms with Gasteiger partial charge in [0.2, 0.25) is 0 Å². The molecule has 0 fully saturated rings. The Labute approximate surface area is 96.4 Å². The van der Waals surface area contributed by atoms with Crippen LogP contribution in [0.4, 0.5) is 0 Å². The molecule has 0 aromatic rings. The first-order chi connectivity index (χ1) is 1.00. The van der Waals surface area contributed by atoms with Crippen molar-refractivity contribution >= 4 is 94.3 Å². The Morgan fingerprint density at radius 1 is 1.25 bits per heavy atom. The van der Waals surface area contributed by atoms with Crippen LogP contribution >= 0.6 is 0 Å². The third-order valence-corrected chi connectivity index (χ3v) is 0. The second kappa shape index (κ2) is 17.3. The van der Waals surface area contributed by atoms with Gasteiger partial charge in [-0.25, -0.2) is 0 Å². The monoisotopic (exact) mass is 205 g/mol. The quantitative estimate of drug-likeness (QED) is 0.450. The molecule has 0 aromatic carbocycles. The zero-order chi connectivity index (χ0) is 2.00. The molecule has 0 atom stereocenters. The van der Waals surface area contributed by atoms with Crippen LogP contribution < -0.4 is 0 Å². The van der Waals surface area contributed by atoms with Crippen molar-refractivity contribution in [3.05, 3.63) is 0 Å². The molecule has 0 saturated heterocycles. The van der Waals surface area contributed by atoms with Crippen LogP contribution in [-0.4, -0.2) is 94.3 Å². The fraction of sp³-hybridized carbons (Fsp3) is 0. The summed E-state index contributed by atoms with van der Waals surface area (Å²) in [7, 11) is 3.25. The van der Waals surface area contributed by atoms with Crippen LogP contribution in [0.2, 0.25) is 0 Å². The molecule has 4 heteroatoms. The minimum absolute atomic E-state index is 0. The maximum atomic E-state index is 7.75. The van der Waals surface area contributed by atoms with E-state index < -0.39 is 0 Å². The van der Waals surface area contributed by atoms with Crippen LogP contribution in [0.15, 0.2) is 0 Å². The predicted molar refractivity (Wildman–Crippen MR) is 17.9 cm³/mol. The normalized spacial score (nSPS) is 0.750. The third-order valence-electron chi connectivity index (χ3n) is 0. The number of hydrogen-bond donors (Lipinski definition) is 0. The maximum Gasteiger partial charge on any atom is 0 e. The summed E-state index contributed by atoms with van der Waals surface area (Å²) >= 11 is 0. The molecule has 1 nitrogen and oxygen atoms in total. The molecule has 0 N–H and O–H groups in total. The summed E-state index contributed by atoms with van der Waals surface area (Å²) < 4.78 is 7.75. The Morgan fingerprint density at radius 2 is 1.25 bits per heavy atom. The molecule has 0 aliphatic heterocycles. The van der Waals surface area contributed by atoms with E-state index in [0.717, 1.165) is 0 Å². The van der Waals surface area contributed by atoms with Crippen molar-refractivity contribution in [1.82, 2.24) is 0 Å². The van der Waals surface area contributed by atoms with E-state index in [-0.39, 0.29) is 86.6 Å². The van der Waals surface area contributed by atoms with Crippen molar-refractivity contribution in [2.75, 3.05) is 0 Å². The van der Waals surface area contributed by atoms with Gasteiger partial charge in [-0.15, -0.1) is 0 Å². The zero-order valence-corrected chi connectivity index (χ0v) is 9.05. The fourth-order valence-electron chi connectivity index (χ4n) is 0. The van der Waals surface area contributed by atoms with Crippen molar-refractivity contribution in [2.45, 2.75) is 0 Å². The molecule has 0 bridgehead atoms. The third kappa shape index (κ3) is 8.83. The Kier molecular flexibility index (Phi) is 68.7. The van der Waals surface area contributed by atoms with Crippen LogP contribution in [0.1, 0.15) is 0 Å². The molecule has 0 spiro atoms. The fourth-order valence-corrected chi connectivity index (χ4v) is 0. The van der Waals surface area contributed by atoms with Gasteiger partial charge in [0.15, 0.2) is 0 Å². The average Bonchev–Trinajstić information content (AvgIpc) is 1.00. The predicted octanol–water partition coefficient (Wildman–Crippen LogP) is -1.26. The van der Waals surface area contributed by atoms with E-state index >= 15 is 0 Å².